The van der Waals surface area contributed by atoms with Gasteiger partial charge in [0.25, 0.3) is 5.91 Å². The van der Waals surface area contributed by atoms with Crippen molar-refractivity contribution in [1.29, 1.82) is 0 Å². The first-order valence-corrected chi connectivity index (χ1v) is 6.72. The summed E-state index contributed by atoms with van der Waals surface area (Å²) in [4.78, 5) is 24.8. The van der Waals surface area contributed by atoms with Crippen molar-refractivity contribution in [3.05, 3.63) is 29.8 Å². The molecule has 6 heteroatoms. The number of nitrogens with two attached hydrogens (primary N) is 1. The molecule has 1 aliphatic rings. The van der Waals surface area contributed by atoms with Crippen LogP contribution in [0.1, 0.15) is 10.4 Å². The van der Waals surface area contributed by atoms with Gasteiger partial charge < -0.3 is 15.7 Å². The van der Waals surface area contributed by atoms with Crippen molar-refractivity contribution < 1.29 is 14.7 Å². The molecule has 1 aromatic carbocycles. The molecule has 0 aromatic heterocycles. The molecule has 0 saturated carbocycles. The van der Waals surface area contributed by atoms with Gasteiger partial charge in [0.05, 0.1) is 0 Å². The van der Waals surface area contributed by atoms with E-state index in [2.05, 4.69) is 0 Å². The fraction of sp³-hybridized carbons (Fsp3) is 0.333. The lowest BCUT2D eigenvalue weighted by atomic mass is 10.1. The van der Waals surface area contributed by atoms with Crippen LogP contribution in [-0.2, 0) is 4.79 Å². The molecule has 18 heavy (non-hydrogen) atoms. The number of rotatable bonds is 2. The largest absolute Gasteiger partial charge is 0.480 e. The second-order valence-electron chi connectivity index (χ2n) is 4.05. The van der Waals surface area contributed by atoms with Crippen LogP contribution in [0.4, 0.5) is 5.69 Å². The zero-order valence-electron chi connectivity index (χ0n) is 9.70. The van der Waals surface area contributed by atoms with Gasteiger partial charge in [-0.05, 0) is 18.2 Å². The number of carbonyl (C=O) groups is 2. The normalized spacial score (nSPS) is 19.6. The summed E-state index contributed by atoms with van der Waals surface area (Å²) in [6.45, 7) is 0.454. The van der Waals surface area contributed by atoms with E-state index in [-0.39, 0.29) is 5.91 Å². The van der Waals surface area contributed by atoms with Crippen molar-refractivity contribution in [1.82, 2.24) is 4.90 Å². The van der Waals surface area contributed by atoms with Gasteiger partial charge in [0.2, 0.25) is 0 Å². The zero-order chi connectivity index (χ0) is 13.1. The predicted octanol–water partition coefficient (Wildman–Crippen LogP) is 0.911. The second kappa shape index (κ2) is 5.30. The van der Waals surface area contributed by atoms with E-state index in [0.29, 0.717) is 23.5 Å². The molecular formula is C12H14N2O3S. The zero-order valence-corrected chi connectivity index (χ0v) is 10.5. The first kappa shape index (κ1) is 12.8. The first-order valence-electron chi connectivity index (χ1n) is 5.56. The van der Waals surface area contributed by atoms with Gasteiger partial charge >= 0.3 is 5.97 Å². The average molecular weight is 266 g/mol. The molecule has 2 rings (SSSR count). The van der Waals surface area contributed by atoms with E-state index in [9.17, 15) is 9.59 Å². The number of hydrogen-bond donors (Lipinski definition) is 2. The molecule has 3 N–H and O–H groups in total. The minimum absolute atomic E-state index is 0.269. The van der Waals surface area contributed by atoms with Crippen molar-refractivity contribution in [3.8, 4) is 0 Å². The molecule has 1 atom stereocenters. The second-order valence-corrected chi connectivity index (χ2v) is 5.20. The third-order valence-corrected chi connectivity index (χ3v) is 3.83. The summed E-state index contributed by atoms with van der Waals surface area (Å²) in [5.74, 6) is -0.0317. The Kier molecular flexibility index (Phi) is 3.76. The summed E-state index contributed by atoms with van der Waals surface area (Å²) in [5, 5.41) is 9.13. The molecule has 96 valence electrons. The summed E-state index contributed by atoms with van der Waals surface area (Å²) in [6.07, 6.45) is 0. The molecule has 1 saturated heterocycles. The highest BCUT2D eigenvalue weighted by Gasteiger charge is 2.32. The number of carboxylic acids is 1. The lowest BCUT2D eigenvalue weighted by molar-refractivity contribution is -0.141. The predicted molar refractivity (Wildman–Crippen MR) is 70.6 cm³/mol. The Morgan fingerprint density at radius 1 is 1.44 bits per heavy atom. The Bertz CT molecular complexity index is 478. The summed E-state index contributed by atoms with van der Waals surface area (Å²) in [6, 6.07) is 5.86. The quantitative estimate of drug-likeness (QED) is 0.777. The van der Waals surface area contributed by atoms with Crippen LogP contribution in [-0.4, -0.2) is 46.0 Å². The Balaban J connectivity index is 2.23. The molecular weight excluding hydrogens is 252 g/mol. The highest BCUT2D eigenvalue weighted by molar-refractivity contribution is 7.99. The van der Waals surface area contributed by atoms with Crippen molar-refractivity contribution in [2.24, 2.45) is 0 Å². The molecule has 0 spiro atoms. The smallest absolute Gasteiger partial charge is 0.327 e. The monoisotopic (exact) mass is 266 g/mol. The summed E-state index contributed by atoms with van der Waals surface area (Å²) in [5.41, 5.74) is 6.57. The molecule has 1 heterocycles. The number of benzene rings is 1. The van der Waals surface area contributed by atoms with Crippen LogP contribution in [0.2, 0.25) is 0 Å². The minimum atomic E-state index is -0.959. The third kappa shape index (κ3) is 2.59. The number of nitrogens with zero attached hydrogens (tertiary/aromatic N) is 1. The van der Waals surface area contributed by atoms with Crippen LogP contribution in [0.15, 0.2) is 24.3 Å². The molecule has 0 radical (unpaired) electrons. The molecule has 0 bridgehead atoms. The van der Waals surface area contributed by atoms with Crippen LogP contribution >= 0.6 is 11.8 Å². The van der Waals surface area contributed by atoms with Crippen molar-refractivity contribution in [2.75, 3.05) is 23.8 Å². The van der Waals surface area contributed by atoms with Crippen LogP contribution in [0, 0.1) is 0 Å². The number of amides is 1. The number of anilines is 1. The lowest BCUT2D eigenvalue weighted by Crippen LogP contribution is -2.50. The average Bonchev–Trinajstić information content (AvgIpc) is 2.38. The van der Waals surface area contributed by atoms with Gasteiger partial charge in [0.1, 0.15) is 6.04 Å². The van der Waals surface area contributed by atoms with E-state index in [4.69, 9.17) is 10.8 Å². The first-order chi connectivity index (χ1) is 8.59. The number of carbonyl (C=O) groups excluding carboxylic acids is 1. The number of carboxylic acid groups (broad SMARTS) is 1. The van der Waals surface area contributed by atoms with Gasteiger partial charge in [0.15, 0.2) is 0 Å². The van der Waals surface area contributed by atoms with E-state index in [1.165, 1.54) is 4.90 Å². The van der Waals surface area contributed by atoms with Crippen LogP contribution in [0.3, 0.4) is 0 Å². The fourth-order valence-electron chi connectivity index (χ4n) is 1.89. The van der Waals surface area contributed by atoms with E-state index in [0.717, 1.165) is 5.75 Å². The van der Waals surface area contributed by atoms with E-state index < -0.39 is 12.0 Å². The van der Waals surface area contributed by atoms with Crippen LogP contribution in [0.5, 0.6) is 0 Å². The lowest BCUT2D eigenvalue weighted by Gasteiger charge is -2.32. The van der Waals surface area contributed by atoms with Gasteiger partial charge in [-0.15, -0.1) is 0 Å². The molecule has 1 unspecified atom stereocenters. The number of aliphatic carboxylic acids is 1. The van der Waals surface area contributed by atoms with Crippen LogP contribution < -0.4 is 5.73 Å². The molecule has 0 aliphatic carbocycles. The Morgan fingerprint density at radius 2 is 2.22 bits per heavy atom. The summed E-state index contributed by atoms with van der Waals surface area (Å²) < 4.78 is 0. The fourth-order valence-corrected chi connectivity index (χ4v) is 2.93. The topological polar surface area (TPSA) is 83.6 Å². The van der Waals surface area contributed by atoms with Crippen molar-refractivity contribution >= 4 is 29.3 Å². The SMILES string of the molecule is Nc1cccc(C(=O)N2CCSCC2C(=O)O)c1. The van der Waals surface area contributed by atoms with E-state index >= 15 is 0 Å². The maximum atomic E-state index is 12.3. The van der Waals surface area contributed by atoms with Gasteiger partial charge in [-0.1, -0.05) is 6.07 Å². The molecule has 1 fully saturated rings. The number of thioether (sulfide) groups is 1. The van der Waals surface area contributed by atoms with Crippen molar-refractivity contribution in [2.45, 2.75) is 6.04 Å². The summed E-state index contributed by atoms with van der Waals surface area (Å²) in [7, 11) is 0. The van der Waals surface area contributed by atoms with Gasteiger partial charge in [0, 0.05) is 29.3 Å². The highest BCUT2D eigenvalue weighted by Crippen LogP contribution is 2.20. The number of nitrogen functional groups attached to an aromatic ring is 1. The van der Waals surface area contributed by atoms with Gasteiger partial charge in [-0.2, -0.15) is 11.8 Å². The van der Waals surface area contributed by atoms with Gasteiger partial charge in [-0.3, -0.25) is 4.79 Å². The molecule has 1 amide bonds. The summed E-state index contributed by atoms with van der Waals surface area (Å²) >= 11 is 1.55. The molecule has 1 aromatic rings. The van der Waals surface area contributed by atoms with Gasteiger partial charge in [-0.25, -0.2) is 4.79 Å². The van der Waals surface area contributed by atoms with Crippen molar-refractivity contribution in [3.63, 3.8) is 0 Å². The highest BCUT2D eigenvalue weighted by atomic mass is 32.2. The standard InChI is InChI=1S/C12H14N2O3S/c13-9-3-1-2-8(6-9)11(15)14-4-5-18-7-10(14)12(16)17/h1-3,6,10H,4-5,7,13H2,(H,16,17). The maximum Gasteiger partial charge on any atom is 0.327 e. The van der Waals surface area contributed by atoms with E-state index in [1.54, 1.807) is 36.0 Å². The molecule has 5 nitrogen and oxygen atoms in total. The third-order valence-electron chi connectivity index (χ3n) is 2.81. The number of hydrogen-bond acceptors (Lipinski definition) is 4. The Labute approximate surface area is 109 Å². The Hall–Kier alpha value is -1.69. The molecule has 1 aliphatic heterocycles. The van der Waals surface area contributed by atoms with E-state index in [1.807, 2.05) is 0 Å². The Morgan fingerprint density at radius 3 is 2.89 bits per heavy atom. The van der Waals surface area contributed by atoms with Crippen LogP contribution in [0.25, 0.3) is 0 Å². The minimum Gasteiger partial charge on any atom is -0.480 e. The maximum absolute atomic E-state index is 12.3.